The first-order valence-corrected chi connectivity index (χ1v) is 14.3. The quantitative estimate of drug-likeness (QED) is 0.200. The van der Waals surface area contributed by atoms with E-state index in [0.717, 1.165) is 37.0 Å². The van der Waals surface area contributed by atoms with E-state index in [-0.39, 0.29) is 4.90 Å². The molecule has 0 spiro atoms. The Bertz CT molecular complexity index is 1610. The van der Waals surface area contributed by atoms with Crippen LogP contribution in [-0.2, 0) is 14.8 Å². The molecule has 39 heavy (non-hydrogen) atoms. The maximum absolute atomic E-state index is 13.5. The number of aryl methyl sites for hydroxylation is 2. The fourth-order valence-electron chi connectivity index (χ4n) is 4.16. The standard InChI is InChI=1S/C29H29BrN4O4S/c1-20-9-15-26(16-10-20)39(36,37)33(24-11-13-25(38-4)14-12-24)19-29(35)32-31-18-23-17-21(2)34(22(23)3)28-8-6-5-7-27(28)30/h5-18H,19H2,1-4H3,(H,32,35)/b31-18-. The number of rotatable bonds is 9. The number of para-hydroxylation sites is 1. The molecule has 1 aromatic heterocycles. The van der Waals surface area contributed by atoms with Gasteiger partial charge < -0.3 is 9.30 Å². The van der Waals surface area contributed by atoms with Gasteiger partial charge in [-0.2, -0.15) is 5.10 Å². The van der Waals surface area contributed by atoms with Gasteiger partial charge in [-0.15, -0.1) is 0 Å². The largest absolute Gasteiger partial charge is 0.497 e. The van der Waals surface area contributed by atoms with E-state index < -0.39 is 22.5 Å². The van der Waals surface area contributed by atoms with E-state index >= 15 is 0 Å². The number of methoxy groups -OCH3 is 1. The summed E-state index contributed by atoms with van der Waals surface area (Å²) >= 11 is 3.60. The molecule has 0 aliphatic carbocycles. The molecule has 10 heteroatoms. The Morgan fingerprint density at radius 2 is 1.69 bits per heavy atom. The van der Waals surface area contributed by atoms with Crippen LogP contribution in [0.4, 0.5) is 5.69 Å². The number of carbonyl (C=O) groups is 1. The molecule has 0 radical (unpaired) electrons. The number of amides is 1. The SMILES string of the molecule is COc1ccc(N(CC(=O)N/N=C\c2cc(C)n(-c3ccccc3Br)c2C)S(=O)(=O)c2ccc(C)cc2)cc1. The predicted molar refractivity (Wildman–Crippen MR) is 157 cm³/mol. The highest BCUT2D eigenvalue weighted by Gasteiger charge is 2.27. The van der Waals surface area contributed by atoms with Gasteiger partial charge in [0.15, 0.2) is 0 Å². The van der Waals surface area contributed by atoms with Crippen LogP contribution in [0.15, 0.2) is 93.3 Å². The molecule has 4 aromatic rings. The number of nitrogens with zero attached hydrogens (tertiary/aromatic N) is 3. The lowest BCUT2D eigenvalue weighted by Gasteiger charge is -2.24. The van der Waals surface area contributed by atoms with Crippen LogP contribution in [0, 0.1) is 20.8 Å². The Morgan fingerprint density at radius 1 is 1.03 bits per heavy atom. The summed E-state index contributed by atoms with van der Waals surface area (Å²) in [5, 5.41) is 4.12. The second-order valence-corrected chi connectivity index (χ2v) is 11.6. The first-order chi connectivity index (χ1) is 18.6. The molecule has 0 aliphatic heterocycles. The summed E-state index contributed by atoms with van der Waals surface area (Å²) in [4.78, 5) is 13.0. The third kappa shape index (κ3) is 6.23. The Balaban J connectivity index is 1.56. The Kier molecular flexibility index (Phi) is 8.57. The number of hydrogen-bond acceptors (Lipinski definition) is 5. The van der Waals surface area contributed by atoms with Crippen LogP contribution >= 0.6 is 15.9 Å². The van der Waals surface area contributed by atoms with Crippen molar-refractivity contribution in [2.24, 2.45) is 5.10 Å². The van der Waals surface area contributed by atoms with Crippen molar-refractivity contribution in [3.05, 3.63) is 106 Å². The number of aromatic nitrogens is 1. The summed E-state index contributed by atoms with van der Waals surface area (Å²) in [7, 11) is -2.51. The number of anilines is 1. The van der Waals surface area contributed by atoms with Crippen molar-refractivity contribution < 1.29 is 17.9 Å². The number of hydrogen-bond donors (Lipinski definition) is 1. The minimum Gasteiger partial charge on any atom is -0.497 e. The van der Waals surface area contributed by atoms with Gasteiger partial charge in [-0.3, -0.25) is 9.10 Å². The van der Waals surface area contributed by atoms with Crippen LogP contribution in [-0.4, -0.2) is 38.8 Å². The molecule has 3 aromatic carbocycles. The number of benzene rings is 3. The lowest BCUT2D eigenvalue weighted by Crippen LogP contribution is -2.39. The number of halogens is 1. The number of sulfonamides is 1. The molecule has 1 amide bonds. The first kappa shape index (κ1) is 28.1. The zero-order valence-electron chi connectivity index (χ0n) is 22.1. The van der Waals surface area contributed by atoms with Gasteiger partial charge in [-0.05, 0) is 91.3 Å². The van der Waals surface area contributed by atoms with Crippen LogP contribution in [0.5, 0.6) is 5.75 Å². The van der Waals surface area contributed by atoms with Crippen molar-refractivity contribution in [3.63, 3.8) is 0 Å². The highest BCUT2D eigenvalue weighted by Crippen LogP contribution is 2.27. The Hall–Kier alpha value is -3.89. The van der Waals surface area contributed by atoms with Gasteiger partial charge in [-0.25, -0.2) is 13.8 Å². The van der Waals surface area contributed by atoms with Gasteiger partial charge in [0.25, 0.3) is 15.9 Å². The van der Waals surface area contributed by atoms with E-state index in [1.807, 2.05) is 51.1 Å². The number of carbonyl (C=O) groups excluding carboxylic acids is 1. The molecule has 0 fully saturated rings. The third-order valence-corrected chi connectivity index (χ3v) is 8.67. The molecule has 0 saturated carbocycles. The number of ether oxygens (including phenoxy) is 1. The summed E-state index contributed by atoms with van der Waals surface area (Å²) in [6.07, 6.45) is 1.56. The molecule has 202 valence electrons. The molecule has 0 unspecified atom stereocenters. The smallest absolute Gasteiger partial charge is 0.264 e. The average Bonchev–Trinajstić information content (AvgIpc) is 3.20. The topological polar surface area (TPSA) is 93.0 Å². The summed E-state index contributed by atoms with van der Waals surface area (Å²) in [6.45, 7) is 5.37. The van der Waals surface area contributed by atoms with Gasteiger partial charge in [0.2, 0.25) is 0 Å². The maximum Gasteiger partial charge on any atom is 0.264 e. The lowest BCUT2D eigenvalue weighted by molar-refractivity contribution is -0.119. The van der Waals surface area contributed by atoms with E-state index in [1.165, 1.54) is 19.2 Å². The van der Waals surface area contributed by atoms with E-state index in [2.05, 4.69) is 31.0 Å². The molecular weight excluding hydrogens is 580 g/mol. The molecule has 0 atom stereocenters. The minimum atomic E-state index is -4.03. The van der Waals surface area contributed by atoms with Crippen molar-refractivity contribution in [1.29, 1.82) is 0 Å². The van der Waals surface area contributed by atoms with E-state index in [1.54, 1.807) is 42.6 Å². The molecule has 4 rings (SSSR count). The number of hydrazone groups is 1. The molecule has 0 bridgehead atoms. The highest BCUT2D eigenvalue weighted by molar-refractivity contribution is 9.10. The summed E-state index contributed by atoms with van der Waals surface area (Å²) in [5.41, 5.74) is 7.49. The van der Waals surface area contributed by atoms with Crippen LogP contribution in [0.2, 0.25) is 0 Å². The van der Waals surface area contributed by atoms with Crippen LogP contribution < -0.4 is 14.5 Å². The monoisotopic (exact) mass is 608 g/mol. The fraction of sp³-hybridized carbons (Fsp3) is 0.172. The molecule has 0 saturated heterocycles. The normalized spacial score (nSPS) is 11.5. The third-order valence-electron chi connectivity index (χ3n) is 6.21. The Morgan fingerprint density at radius 3 is 2.33 bits per heavy atom. The van der Waals surface area contributed by atoms with Gasteiger partial charge >= 0.3 is 0 Å². The summed E-state index contributed by atoms with van der Waals surface area (Å²) in [5.74, 6) is -0.0158. The summed E-state index contributed by atoms with van der Waals surface area (Å²) < 4.78 is 36.4. The van der Waals surface area contributed by atoms with Crippen LogP contribution in [0.3, 0.4) is 0 Å². The van der Waals surface area contributed by atoms with Crippen molar-refractivity contribution in [1.82, 2.24) is 9.99 Å². The molecular formula is C29H29BrN4O4S. The van der Waals surface area contributed by atoms with E-state index in [9.17, 15) is 13.2 Å². The van der Waals surface area contributed by atoms with Gasteiger partial charge in [0.1, 0.15) is 12.3 Å². The Labute approximate surface area is 237 Å². The average molecular weight is 610 g/mol. The van der Waals surface area contributed by atoms with Crippen molar-refractivity contribution in [3.8, 4) is 11.4 Å². The first-order valence-electron chi connectivity index (χ1n) is 12.1. The molecule has 1 N–H and O–H groups in total. The van der Waals surface area contributed by atoms with Crippen molar-refractivity contribution >= 4 is 43.8 Å². The highest BCUT2D eigenvalue weighted by atomic mass is 79.9. The lowest BCUT2D eigenvalue weighted by atomic mass is 10.2. The molecule has 1 heterocycles. The van der Waals surface area contributed by atoms with Gasteiger partial charge in [-0.1, -0.05) is 29.8 Å². The van der Waals surface area contributed by atoms with Crippen molar-refractivity contribution in [2.45, 2.75) is 25.7 Å². The van der Waals surface area contributed by atoms with Crippen molar-refractivity contribution in [2.75, 3.05) is 18.0 Å². The summed E-state index contributed by atoms with van der Waals surface area (Å²) in [6, 6.07) is 22.8. The van der Waals surface area contributed by atoms with E-state index in [4.69, 9.17) is 4.74 Å². The van der Waals surface area contributed by atoms with Gasteiger partial charge in [0, 0.05) is 21.4 Å². The van der Waals surface area contributed by atoms with Gasteiger partial charge in [0.05, 0.1) is 29.6 Å². The van der Waals surface area contributed by atoms with Crippen LogP contribution in [0.1, 0.15) is 22.5 Å². The predicted octanol–water partition coefficient (Wildman–Crippen LogP) is 5.52. The number of nitrogens with one attached hydrogen (secondary N) is 1. The fourth-order valence-corrected chi connectivity index (χ4v) is 6.05. The second kappa shape index (κ2) is 11.9. The minimum absolute atomic E-state index is 0.0831. The molecule has 0 aliphatic rings. The zero-order valence-corrected chi connectivity index (χ0v) is 24.5. The molecule has 8 nitrogen and oxygen atoms in total. The maximum atomic E-state index is 13.5. The van der Waals surface area contributed by atoms with Crippen LogP contribution in [0.25, 0.3) is 5.69 Å². The second-order valence-electron chi connectivity index (χ2n) is 8.93. The zero-order chi connectivity index (χ0) is 28.2. The van der Waals surface area contributed by atoms with E-state index in [0.29, 0.717) is 11.4 Å².